The second-order valence-corrected chi connectivity index (χ2v) is 7.83. The summed E-state index contributed by atoms with van der Waals surface area (Å²) in [5.41, 5.74) is 1.66. The third kappa shape index (κ3) is 3.98. The van der Waals surface area contributed by atoms with Crippen molar-refractivity contribution in [3.05, 3.63) is 47.5 Å². The highest BCUT2D eigenvalue weighted by atomic mass is 35.5. The topological polar surface area (TPSA) is 91.8 Å². The minimum absolute atomic E-state index is 0.426. The van der Waals surface area contributed by atoms with Crippen LogP contribution < -0.4 is 15.0 Å². The monoisotopic (exact) mass is 435 g/mol. The Balaban J connectivity index is 1.57. The standard InChI is InChI=1S/C22H22ClN7O/c1-31-14-9-10-15(17(23)13-14)19-24-21(27-22(26-19)30-11-5-2-6-12-30)25-20-16-7-3-4-8-18(16)28-29-20/h3-4,7-10,13H,2,5-6,11-12H2,1H3,(H2,24,25,26,27,28,29). The van der Waals surface area contributed by atoms with Gasteiger partial charge in [-0.3, -0.25) is 5.10 Å². The molecule has 2 aromatic carbocycles. The molecule has 3 heterocycles. The molecule has 0 amide bonds. The maximum atomic E-state index is 6.52. The van der Waals surface area contributed by atoms with E-state index in [-0.39, 0.29) is 0 Å². The zero-order chi connectivity index (χ0) is 21.2. The highest BCUT2D eigenvalue weighted by Crippen LogP contribution is 2.31. The largest absolute Gasteiger partial charge is 0.497 e. The molecule has 0 atom stereocenters. The number of aromatic amines is 1. The summed E-state index contributed by atoms with van der Waals surface area (Å²) in [6.07, 6.45) is 3.47. The zero-order valence-corrected chi connectivity index (χ0v) is 17.9. The number of hydrogen-bond donors (Lipinski definition) is 2. The van der Waals surface area contributed by atoms with Gasteiger partial charge in [0.25, 0.3) is 0 Å². The molecule has 31 heavy (non-hydrogen) atoms. The van der Waals surface area contributed by atoms with Gasteiger partial charge in [0.2, 0.25) is 11.9 Å². The first-order valence-electron chi connectivity index (χ1n) is 10.3. The number of halogens is 1. The number of anilines is 3. The number of methoxy groups -OCH3 is 1. The summed E-state index contributed by atoms with van der Waals surface area (Å²) in [7, 11) is 1.61. The van der Waals surface area contributed by atoms with Crippen molar-refractivity contribution in [3.63, 3.8) is 0 Å². The first kappa shape index (κ1) is 19.6. The lowest BCUT2D eigenvalue weighted by Crippen LogP contribution is -2.31. The molecule has 0 unspecified atom stereocenters. The Morgan fingerprint density at radius 3 is 2.68 bits per heavy atom. The van der Waals surface area contributed by atoms with Gasteiger partial charge in [0.05, 0.1) is 17.6 Å². The number of nitrogens with zero attached hydrogens (tertiary/aromatic N) is 5. The molecule has 0 saturated carbocycles. The maximum Gasteiger partial charge on any atom is 0.233 e. The van der Waals surface area contributed by atoms with Gasteiger partial charge in [-0.1, -0.05) is 23.7 Å². The van der Waals surface area contributed by atoms with Gasteiger partial charge in [0, 0.05) is 24.0 Å². The van der Waals surface area contributed by atoms with Crippen molar-refractivity contribution in [2.24, 2.45) is 0 Å². The van der Waals surface area contributed by atoms with Crippen molar-refractivity contribution < 1.29 is 4.74 Å². The van der Waals surface area contributed by atoms with Crippen molar-refractivity contribution >= 4 is 40.2 Å². The van der Waals surface area contributed by atoms with Gasteiger partial charge < -0.3 is 15.0 Å². The predicted molar refractivity (Wildman–Crippen MR) is 122 cm³/mol. The molecule has 0 radical (unpaired) electrons. The third-order valence-corrected chi connectivity index (χ3v) is 5.69. The van der Waals surface area contributed by atoms with Crippen molar-refractivity contribution in [2.75, 3.05) is 30.4 Å². The summed E-state index contributed by atoms with van der Waals surface area (Å²) in [6.45, 7) is 1.84. The van der Waals surface area contributed by atoms with Crippen molar-refractivity contribution in [1.82, 2.24) is 25.1 Å². The Morgan fingerprint density at radius 2 is 1.87 bits per heavy atom. The number of nitrogens with one attached hydrogen (secondary N) is 2. The Hall–Kier alpha value is -3.39. The minimum atomic E-state index is 0.426. The summed E-state index contributed by atoms with van der Waals surface area (Å²) in [4.78, 5) is 16.3. The average Bonchev–Trinajstić information content (AvgIpc) is 3.22. The van der Waals surface area contributed by atoms with Crippen molar-refractivity contribution in [1.29, 1.82) is 0 Å². The molecule has 0 spiro atoms. The van der Waals surface area contributed by atoms with Crippen LogP contribution >= 0.6 is 11.6 Å². The second-order valence-electron chi connectivity index (χ2n) is 7.42. The normalized spacial score (nSPS) is 14.1. The lowest BCUT2D eigenvalue weighted by atomic mass is 10.1. The molecular formula is C22H22ClN7O. The molecular weight excluding hydrogens is 414 g/mol. The highest BCUT2D eigenvalue weighted by Gasteiger charge is 2.19. The molecule has 4 aromatic rings. The van der Waals surface area contributed by atoms with Crippen LogP contribution in [0.1, 0.15) is 19.3 Å². The number of aromatic nitrogens is 5. The molecule has 1 aliphatic rings. The quantitative estimate of drug-likeness (QED) is 0.464. The van der Waals surface area contributed by atoms with Gasteiger partial charge in [-0.15, -0.1) is 0 Å². The molecule has 1 saturated heterocycles. The highest BCUT2D eigenvalue weighted by molar-refractivity contribution is 6.33. The van der Waals surface area contributed by atoms with E-state index in [4.69, 9.17) is 26.3 Å². The van der Waals surface area contributed by atoms with Gasteiger partial charge in [-0.25, -0.2) is 0 Å². The summed E-state index contributed by atoms with van der Waals surface area (Å²) < 4.78 is 5.27. The van der Waals surface area contributed by atoms with E-state index >= 15 is 0 Å². The fourth-order valence-corrected chi connectivity index (χ4v) is 4.00. The third-order valence-electron chi connectivity index (χ3n) is 5.38. The van der Waals surface area contributed by atoms with Crippen LogP contribution in [0.3, 0.4) is 0 Å². The van der Waals surface area contributed by atoms with E-state index < -0.39 is 0 Å². The van der Waals surface area contributed by atoms with Crippen LogP contribution in [-0.4, -0.2) is 45.3 Å². The van der Waals surface area contributed by atoms with Gasteiger partial charge in [0.1, 0.15) is 5.75 Å². The van der Waals surface area contributed by atoms with Gasteiger partial charge in [0.15, 0.2) is 11.6 Å². The molecule has 0 aliphatic carbocycles. The maximum absolute atomic E-state index is 6.52. The van der Waals surface area contributed by atoms with E-state index in [9.17, 15) is 0 Å². The molecule has 9 heteroatoms. The zero-order valence-electron chi connectivity index (χ0n) is 17.1. The molecule has 0 bridgehead atoms. The lowest BCUT2D eigenvalue weighted by Gasteiger charge is -2.27. The van der Waals surface area contributed by atoms with E-state index in [0.717, 1.165) is 42.4 Å². The Labute approximate surface area is 184 Å². The second kappa shape index (κ2) is 8.39. The molecule has 1 fully saturated rings. The van der Waals surface area contributed by atoms with Crippen LogP contribution in [0.25, 0.3) is 22.3 Å². The summed E-state index contributed by atoms with van der Waals surface area (Å²) in [5, 5.41) is 12.2. The number of benzene rings is 2. The van der Waals surface area contributed by atoms with Gasteiger partial charge in [-0.05, 0) is 49.6 Å². The van der Waals surface area contributed by atoms with E-state index in [1.54, 1.807) is 13.2 Å². The van der Waals surface area contributed by atoms with Gasteiger partial charge in [-0.2, -0.15) is 20.1 Å². The molecule has 1 aliphatic heterocycles. The Kier molecular flexibility index (Phi) is 5.30. The van der Waals surface area contributed by atoms with Crippen molar-refractivity contribution in [3.8, 4) is 17.1 Å². The SMILES string of the molecule is COc1ccc(-c2nc(Nc3n[nH]c4ccccc34)nc(N3CCCCC3)n2)c(Cl)c1. The smallest absolute Gasteiger partial charge is 0.233 e. The summed E-state index contributed by atoms with van der Waals surface area (Å²) >= 11 is 6.52. The molecule has 8 nitrogen and oxygen atoms in total. The Bertz CT molecular complexity index is 1220. The van der Waals surface area contributed by atoms with Crippen LogP contribution in [-0.2, 0) is 0 Å². The van der Waals surface area contributed by atoms with E-state index in [0.29, 0.717) is 34.3 Å². The summed E-state index contributed by atoms with van der Waals surface area (Å²) in [5.74, 6) is 2.91. The summed E-state index contributed by atoms with van der Waals surface area (Å²) in [6, 6.07) is 13.4. The first-order chi connectivity index (χ1) is 15.2. The lowest BCUT2D eigenvalue weighted by molar-refractivity contribution is 0.415. The number of fused-ring (bicyclic) bond motifs is 1. The fourth-order valence-electron chi connectivity index (χ4n) is 3.75. The number of piperidine rings is 1. The van der Waals surface area contributed by atoms with Crippen LogP contribution in [0.15, 0.2) is 42.5 Å². The van der Waals surface area contributed by atoms with Crippen LogP contribution in [0.4, 0.5) is 17.7 Å². The molecule has 158 valence electrons. The molecule has 5 rings (SSSR count). The van der Waals surface area contributed by atoms with Crippen LogP contribution in [0.2, 0.25) is 5.02 Å². The van der Waals surface area contributed by atoms with Crippen LogP contribution in [0.5, 0.6) is 5.75 Å². The number of ether oxygens (including phenoxy) is 1. The fraction of sp³-hybridized carbons (Fsp3) is 0.273. The van der Waals surface area contributed by atoms with Gasteiger partial charge >= 0.3 is 0 Å². The van der Waals surface area contributed by atoms with Crippen LogP contribution in [0, 0.1) is 0 Å². The molecule has 2 N–H and O–H groups in total. The number of hydrogen-bond acceptors (Lipinski definition) is 7. The minimum Gasteiger partial charge on any atom is -0.497 e. The van der Waals surface area contributed by atoms with Crippen molar-refractivity contribution in [2.45, 2.75) is 19.3 Å². The average molecular weight is 436 g/mol. The van der Waals surface area contributed by atoms with E-state index in [2.05, 4.69) is 25.4 Å². The first-order valence-corrected chi connectivity index (χ1v) is 10.6. The molecule has 2 aromatic heterocycles. The predicted octanol–water partition coefficient (Wildman–Crippen LogP) is 4.81. The number of rotatable bonds is 5. The number of H-pyrrole nitrogens is 1. The van der Waals surface area contributed by atoms with E-state index in [1.165, 1.54) is 6.42 Å². The number of para-hydroxylation sites is 1. The van der Waals surface area contributed by atoms with E-state index in [1.807, 2.05) is 36.4 Å². The Morgan fingerprint density at radius 1 is 1.03 bits per heavy atom.